The molecule has 0 spiro atoms. The molecule has 0 atom stereocenters. The van der Waals surface area contributed by atoms with Crippen LogP contribution >= 0.6 is 0 Å². The maximum Gasteiger partial charge on any atom is 0.284 e. The Morgan fingerprint density at radius 2 is 2.09 bits per heavy atom. The van der Waals surface area contributed by atoms with Gasteiger partial charge in [0.25, 0.3) is 5.56 Å². The van der Waals surface area contributed by atoms with E-state index < -0.39 is 11.5 Å². The predicted octanol–water partition coefficient (Wildman–Crippen LogP) is -0.383. The Balaban J connectivity index is 1.97. The molecule has 0 bridgehead atoms. The van der Waals surface area contributed by atoms with Crippen LogP contribution in [0.1, 0.15) is 0 Å². The average Bonchev–Trinajstić information content (AvgIpc) is 3.01. The number of benzene rings is 1. The smallest absolute Gasteiger partial charge is 0.284 e. The first-order valence-corrected chi connectivity index (χ1v) is 6.70. The van der Waals surface area contributed by atoms with E-state index in [1.54, 1.807) is 6.07 Å². The van der Waals surface area contributed by atoms with Gasteiger partial charge >= 0.3 is 0 Å². The monoisotopic (exact) mass is 309 g/mol. The Bertz CT molecular complexity index is 953. The van der Waals surface area contributed by atoms with E-state index in [1.807, 2.05) is 30.3 Å². The zero-order chi connectivity index (χ0) is 16.2. The van der Waals surface area contributed by atoms with Crippen LogP contribution in [0, 0.1) is 11.3 Å². The lowest BCUT2D eigenvalue weighted by atomic mass is 10.3. The number of aromatic nitrogens is 5. The molecule has 0 aliphatic heterocycles. The summed E-state index contributed by atoms with van der Waals surface area (Å²) in [5.41, 5.74) is 0.648. The van der Waals surface area contributed by atoms with Gasteiger partial charge in [0.1, 0.15) is 19.4 Å². The minimum atomic E-state index is -0.468. The number of nitrogens with zero attached hydrogens (tertiary/aromatic N) is 6. The molecule has 9 nitrogen and oxygen atoms in total. The largest absolute Gasteiger partial charge is 0.341 e. The van der Waals surface area contributed by atoms with E-state index in [1.165, 1.54) is 11.0 Å². The summed E-state index contributed by atoms with van der Waals surface area (Å²) < 4.78 is 2.58. The standard InChI is InChI=1S/C14H11N7O2/c15-6-7-16-11(22)8-20-9-17-13-12(14(20)23)18-19-21(13)10-4-2-1-3-5-10/h1-5,9H,7-8H2,(H,16,22). The van der Waals surface area contributed by atoms with Gasteiger partial charge in [-0.1, -0.05) is 23.4 Å². The molecule has 0 saturated heterocycles. The second kappa shape index (κ2) is 6.07. The van der Waals surface area contributed by atoms with E-state index in [2.05, 4.69) is 20.6 Å². The van der Waals surface area contributed by atoms with E-state index in [0.29, 0.717) is 5.65 Å². The number of amides is 1. The molecule has 1 amide bonds. The molecule has 0 aliphatic carbocycles. The van der Waals surface area contributed by atoms with Crippen LogP contribution in [-0.4, -0.2) is 37.0 Å². The van der Waals surface area contributed by atoms with Crippen molar-refractivity contribution in [3.63, 3.8) is 0 Å². The molecule has 9 heteroatoms. The number of fused-ring (bicyclic) bond motifs is 1. The maximum absolute atomic E-state index is 12.3. The summed E-state index contributed by atoms with van der Waals surface area (Å²) in [6.45, 7) is -0.352. The second-order valence-electron chi connectivity index (χ2n) is 4.62. The van der Waals surface area contributed by atoms with Crippen molar-refractivity contribution in [2.24, 2.45) is 0 Å². The summed E-state index contributed by atoms with van der Waals surface area (Å²) in [6, 6.07) is 11.0. The third kappa shape index (κ3) is 2.77. The number of para-hydroxylation sites is 1. The minimum Gasteiger partial charge on any atom is -0.341 e. The maximum atomic E-state index is 12.3. The quantitative estimate of drug-likeness (QED) is 0.656. The molecule has 0 unspecified atom stereocenters. The van der Waals surface area contributed by atoms with Crippen molar-refractivity contribution in [1.82, 2.24) is 29.9 Å². The molecule has 23 heavy (non-hydrogen) atoms. The third-order valence-corrected chi connectivity index (χ3v) is 3.11. The fraction of sp³-hybridized carbons (Fsp3) is 0.143. The van der Waals surface area contributed by atoms with Crippen molar-refractivity contribution in [2.45, 2.75) is 6.54 Å². The van der Waals surface area contributed by atoms with Crippen LogP contribution in [0.5, 0.6) is 0 Å². The van der Waals surface area contributed by atoms with E-state index in [9.17, 15) is 9.59 Å². The first-order valence-electron chi connectivity index (χ1n) is 6.70. The highest BCUT2D eigenvalue weighted by atomic mass is 16.2. The highest BCUT2D eigenvalue weighted by Gasteiger charge is 2.14. The van der Waals surface area contributed by atoms with Gasteiger partial charge in [-0.3, -0.25) is 14.2 Å². The number of hydrogen-bond donors (Lipinski definition) is 1. The van der Waals surface area contributed by atoms with Gasteiger partial charge in [0.05, 0.1) is 11.8 Å². The van der Waals surface area contributed by atoms with E-state index >= 15 is 0 Å². The first-order chi connectivity index (χ1) is 11.2. The first kappa shape index (κ1) is 14.4. The topological polar surface area (TPSA) is 118 Å². The Kier molecular flexibility index (Phi) is 3.80. The molecule has 3 aromatic rings. The summed E-state index contributed by atoms with van der Waals surface area (Å²) in [4.78, 5) is 28.1. The van der Waals surface area contributed by atoms with Gasteiger partial charge in [-0.05, 0) is 12.1 Å². The average molecular weight is 309 g/mol. The van der Waals surface area contributed by atoms with Crippen molar-refractivity contribution < 1.29 is 4.79 Å². The highest BCUT2D eigenvalue weighted by Crippen LogP contribution is 2.10. The lowest BCUT2D eigenvalue weighted by Crippen LogP contribution is -2.32. The van der Waals surface area contributed by atoms with Crippen molar-refractivity contribution in [2.75, 3.05) is 6.54 Å². The number of nitriles is 1. The zero-order valence-electron chi connectivity index (χ0n) is 11.9. The van der Waals surface area contributed by atoms with Crippen LogP contribution in [0.4, 0.5) is 0 Å². The summed E-state index contributed by atoms with van der Waals surface area (Å²) in [5.74, 6) is -0.453. The lowest BCUT2D eigenvalue weighted by molar-refractivity contribution is -0.121. The number of nitrogens with one attached hydrogen (secondary N) is 1. The molecular weight excluding hydrogens is 298 g/mol. The molecule has 1 N–H and O–H groups in total. The van der Waals surface area contributed by atoms with Crippen molar-refractivity contribution >= 4 is 17.1 Å². The summed E-state index contributed by atoms with van der Waals surface area (Å²) in [7, 11) is 0. The number of carbonyl (C=O) groups is 1. The summed E-state index contributed by atoms with van der Waals surface area (Å²) in [6.07, 6.45) is 1.26. The Morgan fingerprint density at radius 3 is 2.83 bits per heavy atom. The predicted molar refractivity (Wildman–Crippen MR) is 79.5 cm³/mol. The van der Waals surface area contributed by atoms with Crippen molar-refractivity contribution in [3.8, 4) is 11.8 Å². The fourth-order valence-corrected chi connectivity index (χ4v) is 2.05. The third-order valence-electron chi connectivity index (χ3n) is 3.11. The number of rotatable bonds is 4. The lowest BCUT2D eigenvalue weighted by Gasteiger charge is -2.05. The van der Waals surface area contributed by atoms with Gasteiger partial charge in [-0.15, -0.1) is 5.10 Å². The van der Waals surface area contributed by atoms with E-state index in [-0.39, 0.29) is 18.6 Å². The zero-order valence-corrected chi connectivity index (χ0v) is 11.9. The van der Waals surface area contributed by atoms with E-state index in [4.69, 9.17) is 5.26 Å². The number of carbonyl (C=O) groups excluding carboxylic acids is 1. The van der Waals surface area contributed by atoms with Crippen LogP contribution in [0.25, 0.3) is 16.9 Å². The van der Waals surface area contributed by atoms with Crippen molar-refractivity contribution in [3.05, 3.63) is 47.0 Å². The van der Waals surface area contributed by atoms with Gasteiger partial charge in [-0.2, -0.15) is 9.94 Å². The van der Waals surface area contributed by atoms with Crippen LogP contribution in [0.2, 0.25) is 0 Å². The van der Waals surface area contributed by atoms with Gasteiger partial charge in [0.2, 0.25) is 5.91 Å². The van der Waals surface area contributed by atoms with Gasteiger partial charge < -0.3 is 5.32 Å². The van der Waals surface area contributed by atoms with Crippen LogP contribution in [0.3, 0.4) is 0 Å². The van der Waals surface area contributed by atoms with Crippen LogP contribution in [-0.2, 0) is 11.3 Å². The SMILES string of the molecule is N#CCNC(=O)Cn1cnc2c(nnn2-c2ccccc2)c1=O. The fourth-order valence-electron chi connectivity index (χ4n) is 2.05. The van der Waals surface area contributed by atoms with Gasteiger partial charge in [0.15, 0.2) is 11.2 Å². The summed E-state index contributed by atoms with van der Waals surface area (Å²) >= 11 is 0. The van der Waals surface area contributed by atoms with Gasteiger partial charge in [-0.25, -0.2) is 4.98 Å². The molecule has 2 heterocycles. The molecule has 0 fully saturated rings. The minimum absolute atomic E-state index is 0.0736. The molecule has 2 aromatic heterocycles. The Morgan fingerprint density at radius 1 is 1.30 bits per heavy atom. The van der Waals surface area contributed by atoms with Gasteiger partial charge in [0, 0.05) is 0 Å². The molecule has 0 aliphatic rings. The Hall–Kier alpha value is -3.54. The van der Waals surface area contributed by atoms with Crippen molar-refractivity contribution in [1.29, 1.82) is 5.26 Å². The normalized spacial score (nSPS) is 10.4. The molecule has 3 rings (SSSR count). The number of hydrogen-bond acceptors (Lipinski definition) is 6. The molecule has 114 valence electrons. The molecular formula is C14H11N7O2. The van der Waals surface area contributed by atoms with Crippen LogP contribution in [0.15, 0.2) is 41.5 Å². The molecule has 0 saturated carbocycles. The molecule has 0 radical (unpaired) electrons. The van der Waals surface area contributed by atoms with Crippen LogP contribution < -0.4 is 10.9 Å². The molecule has 1 aromatic carbocycles. The second-order valence-corrected chi connectivity index (χ2v) is 4.62. The highest BCUT2D eigenvalue weighted by molar-refractivity contribution is 5.76. The van der Waals surface area contributed by atoms with E-state index in [0.717, 1.165) is 10.3 Å². The Labute approximate surface area is 129 Å². The summed E-state index contributed by atoms with van der Waals surface area (Å²) in [5, 5.41) is 18.6.